The molecule has 4 aromatic rings. The minimum atomic E-state index is 0.319. The zero-order valence-electron chi connectivity index (χ0n) is 18.4. The van der Waals surface area contributed by atoms with E-state index in [1.54, 1.807) is 6.20 Å². The summed E-state index contributed by atoms with van der Waals surface area (Å²) in [5.41, 5.74) is 11.8. The van der Waals surface area contributed by atoms with E-state index < -0.39 is 0 Å². The molecule has 32 heavy (non-hydrogen) atoms. The summed E-state index contributed by atoms with van der Waals surface area (Å²) < 4.78 is 2.08. The summed E-state index contributed by atoms with van der Waals surface area (Å²) in [5.74, 6) is 0.657. The number of hydrogen-bond acceptors (Lipinski definition) is 7. The average Bonchev–Trinajstić information content (AvgIpc) is 3.25. The molecule has 1 aliphatic carbocycles. The third-order valence-corrected chi connectivity index (χ3v) is 6.23. The van der Waals surface area contributed by atoms with Crippen molar-refractivity contribution in [3.63, 3.8) is 0 Å². The van der Waals surface area contributed by atoms with Crippen molar-refractivity contribution >= 4 is 23.0 Å². The molecular weight excluding hydrogens is 400 g/mol. The zero-order valence-corrected chi connectivity index (χ0v) is 18.4. The topological polar surface area (TPSA) is 97.3 Å². The number of hydrogen-bond donors (Lipinski definition) is 2. The van der Waals surface area contributed by atoms with Gasteiger partial charge < -0.3 is 16.0 Å². The van der Waals surface area contributed by atoms with Gasteiger partial charge in [0.15, 0.2) is 0 Å². The third-order valence-electron chi connectivity index (χ3n) is 6.23. The average molecular weight is 429 g/mol. The molecule has 0 saturated heterocycles. The van der Waals surface area contributed by atoms with Crippen molar-refractivity contribution in [2.75, 3.05) is 17.3 Å². The number of aryl methyl sites for hydroxylation is 1. The highest BCUT2D eigenvalue weighted by Crippen LogP contribution is 2.28. The monoisotopic (exact) mass is 428 g/mol. The second-order valence-corrected chi connectivity index (χ2v) is 8.51. The van der Waals surface area contributed by atoms with Crippen LogP contribution in [0, 0.1) is 6.92 Å². The lowest BCUT2D eigenvalue weighted by Gasteiger charge is -2.26. The summed E-state index contributed by atoms with van der Waals surface area (Å²) in [6.45, 7) is 2.03. The van der Waals surface area contributed by atoms with Crippen LogP contribution >= 0.6 is 0 Å². The maximum atomic E-state index is 6.05. The minimum Gasteiger partial charge on any atom is -0.351 e. The van der Waals surface area contributed by atoms with E-state index in [0.717, 1.165) is 59.7 Å². The van der Waals surface area contributed by atoms with Gasteiger partial charge in [-0.3, -0.25) is 9.38 Å². The Balaban J connectivity index is 1.47. The number of nitrogens with zero attached hydrogens (tertiary/aromatic N) is 6. The molecule has 164 valence electrons. The SMILES string of the molecule is Cc1cnc(N[C@H]2CC[C@H](N)CC2)nc1-c1cnc2ccc(N(C)c3cccnc3)cn12. The first-order chi connectivity index (χ1) is 15.6. The van der Waals surface area contributed by atoms with Gasteiger partial charge in [-0.25, -0.2) is 15.0 Å². The van der Waals surface area contributed by atoms with Gasteiger partial charge in [-0.2, -0.15) is 0 Å². The summed E-state index contributed by atoms with van der Waals surface area (Å²) >= 11 is 0. The lowest BCUT2D eigenvalue weighted by Crippen LogP contribution is -2.33. The van der Waals surface area contributed by atoms with Crippen LogP contribution in [0.25, 0.3) is 17.0 Å². The van der Waals surface area contributed by atoms with E-state index in [1.165, 1.54) is 0 Å². The second kappa shape index (κ2) is 8.55. The highest BCUT2D eigenvalue weighted by molar-refractivity contribution is 5.68. The summed E-state index contributed by atoms with van der Waals surface area (Å²) in [4.78, 5) is 20.3. The van der Waals surface area contributed by atoms with Crippen molar-refractivity contribution in [2.45, 2.75) is 44.7 Å². The van der Waals surface area contributed by atoms with Gasteiger partial charge >= 0.3 is 0 Å². The molecule has 0 bridgehead atoms. The van der Waals surface area contributed by atoms with Crippen LogP contribution in [0.15, 0.2) is 55.2 Å². The molecule has 0 spiro atoms. The molecule has 0 aliphatic heterocycles. The van der Waals surface area contributed by atoms with E-state index in [4.69, 9.17) is 10.7 Å². The van der Waals surface area contributed by atoms with Gasteiger partial charge in [-0.15, -0.1) is 0 Å². The van der Waals surface area contributed by atoms with Gasteiger partial charge in [0.2, 0.25) is 5.95 Å². The Morgan fingerprint density at radius 2 is 1.88 bits per heavy atom. The number of nitrogens with one attached hydrogen (secondary N) is 1. The van der Waals surface area contributed by atoms with Gasteiger partial charge in [0.25, 0.3) is 0 Å². The predicted octanol–water partition coefficient (Wildman–Crippen LogP) is 3.94. The smallest absolute Gasteiger partial charge is 0.223 e. The number of nitrogens with two attached hydrogens (primary N) is 1. The number of imidazole rings is 1. The Hall–Kier alpha value is -3.52. The molecule has 8 heteroatoms. The lowest BCUT2D eigenvalue weighted by atomic mass is 9.92. The first kappa shape index (κ1) is 20.4. The molecule has 3 N–H and O–H groups in total. The number of aromatic nitrogens is 5. The molecule has 1 saturated carbocycles. The van der Waals surface area contributed by atoms with Crippen LogP contribution in [0.1, 0.15) is 31.2 Å². The minimum absolute atomic E-state index is 0.319. The summed E-state index contributed by atoms with van der Waals surface area (Å²) in [7, 11) is 2.03. The van der Waals surface area contributed by atoms with Crippen LogP contribution in [-0.2, 0) is 0 Å². The molecule has 0 radical (unpaired) electrons. The van der Waals surface area contributed by atoms with Crippen molar-refractivity contribution in [2.24, 2.45) is 5.73 Å². The Kier molecular flexibility index (Phi) is 5.45. The molecular formula is C24H28N8. The molecule has 5 rings (SSSR count). The van der Waals surface area contributed by atoms with E-state index in [0.29, 0.717) is 18.0 Å². The quantitative estimate of drug-likeness (QED) is 0.497. The second-order valence-electron chi connectivity index (χ2n) is 8.51. The Morgan fingerprint density at radius 3 is 2.66 bits per heavy atom. The first-order valence-electron chi connectivity index (χ1n) is 11.1. The third kappa shape index (κ3) is 4.01. The van der Waals surface area contributed by atoms with Crippen molar-refractivity contribution in [3.8, 4) is 11.4 Å². The van der Waals surface area contributed by atoms with E-state index in [-0.39, 0.29) is 0 Å². The van der Waals surface area contributed by atoms with Crippen molar-refractivity contribution < 1.29 is 0 Å². The van der Waals surface area contributed by atoms with Gasteiger partial charge in [-0.1, -0.05) is 0 Å². The van der Waals surface area contributed by atoms with Crippen LogP contribution < -0.4 is 16.0 Å². The summed E-state index contributed by atoms with van der Waals surface area (Å²) in [6.07, 6.45) is 13.6. The highest BCUT2D eigenvalue weighted by Gasteiger charge is 2.20. The van der Waals surface area contributed by atoms with Crippen LogP contribution in [0.3, 0.4) is 0 Å². The number of fused-ring (bicyclic) bond motifs is 1. The molecule has 0 atom stereocenters. The van der Waals surface area contributed by atoms with E-state index in [1.807, 2.05) is 50.8 Å². The van der Waals surface area contributed by atoms with Gasteiger partial charge in [0.05, 0.1) is 35.2 Å². The highest BCUT2D eigenvalue weighted by atomic mass is 15.1. The Morgan fingerprint density at radius 1 is 1.03 bits per heavy atom. The van der Waals surface area contributed by atoms with Gasteiger partial charge in [-0.05, 0) is 62.4 Å². The van der Waals surface area contributed by atoms with Crippen LogP contribution in [0.2, 0.25) is 0 Å². The Labute approximate surface area is 187 Å². The summed E-state index contributed by atoms with van der Waals surface area (Å²) in [5, 5.41) is 3.51. The van der Waals surface area contributed by atoms with E-state index >= 15 is 0 Å². The molecule has 1 fully saturated rings. The lowest BCUT2D eigenvalue weighted by molar-refractivity contribution is 0.410. The van der Waals surface area contributed by atoms with E-state index in [9.17, 15) is 0 Å². The zero-order chi connectivity index (χ0) is 22.1. The maximum Gasteiger partial charge on any atom is 0.223 e. The standard InChI is InChI=1S/C24H28N8/c1-16-12-28-24(29-18-7-5-17(25)6-8-18)30-23(16)21-14-27-22-10-9-20(15-32(21)22)31(2)19-4-3-11-26-13-19/h3-4,9-15,17-18H,5-8,25H2,1-2H3,(H,28,29,30)/t17-,18-. The summed E-state index contributed by atoms with van der Waals surface area (Å²) in [6, 6.07) is 8.74. The fraction of sp³-hybridized carbons (Fsp3) is 0.333. The molecule has 0 aromatic carbocycles. The molecule has 4 heterocycles. The maximum absolute atomic E-state index is 6.05. The van der Waals surface area contributed by atoms with Gasteiger partial charge in [0, 0.05) is 37.7 Å². The van der Waals surface area contributed by atoms with Gasteiger partial charge in [0.1, 0.15) is 5.65 Å². The first-order valence-corrected chi connectivity index (χ1v) is 11.1. The normalized spacial score (nSPS) is 18.6. The Bertz CT molecular complexity index is 1210. The van der Waals surface area contributed by atoms with Crippen LogP contribution in [0.5, 0.6) is 0 Å². The van der Waals surface area contributed by atoms with Crippen LogP contribution in [-0.4, -0.2) is 43.5 Å². The van der Waals surface area contributed by atoms with Crippen LogP contribution in [0.4, 0.5) is 17.3 Å². The van der Waals surface area contributed by atoms with Crippen molar-refractivity contribution in [1.29, 1.82) is 0 Å². The largest absolute Gasteiger partial charge is 0.351 e. The molecule has 8 nitrogen and oxygen atoms in total. The fourth-order valence-corrected chi connectivity index (χ4v) is 4.26. The molecule has 0 unspecified atom stereocenters. The predicted molar refractivity (Wildman–Crippen MR) is 127 cm³/mol. The fourth-order valence-electron chi connectivity index (χ4n) is 4.26. The molecule has 1 aliphatic rings. The van der Waals surface area contributed by atoms with Crippen molar-refractivity contribution in [3.05, 3.63) is 60.8 Å². The number of pyridine rings is 2. The number of rotatable bonds is 5. The van der Waals surface area contributed by atoms with Crippen molar-refractivity contribution in [1.82, 2.24) is 24.3 Å². The van der Waals surface area contributed by atoms with E-state index in [2.05, 4.69) is 41.8 Å². The molecule has 4 aromatic heterocycles. The number of anilines is 3. The molecule has 0 amide bonds.